The molecular formula is C14H19NO3. The summed E-state index contributed by atoms with van der Waals surface area (Å²) in [6.45, 7) is 6.92. The predicted octanol–water partition coefficient (Wildman–Crippen LogP) is 2.46. The Morgan fingerprint density at radius 3 is 2.33 bits per heavy atom. The Kier molecular flexibility index (Phi) is 4.11. The van der Waals surface area contributed by atoms with Crippen LogP contribution in [0.4, 0.5) is 5.69 Å². The Labute approximate surface area is 107 Å². The number of aliphatic carboxylic acids is 1. The fourth-order valence-corrected chi connectivity index (χ4v) is 1.62. The monoisotopic (exact) mass is 249 g/mol. The smallest absolute Gasteiger partial charge is 0.323 e. The number of anilines is 1. The molecule has 0 aromatic heterocycles. The molecule has 1 amide bonds. The van der Waals surface area contributed by atoms with Crippen LogP contribution in [0.1, 0.15) is 26.3 Å². The van der Waals surface area contributed by atoms with Crippen molar-refractivity contribution in [1.29, 1.82) is 0 Å². The molecule has 98 valence electrons. The first kappa shape index (κ1) is 14.2. The summed E-state index contributed by atoms with van der Waals surface area (Å²) in [4.78, 5) is 24.5. The molecule has 0 bridgehead atoms. The third kappa shape index (κ3) is 3.58. The molecule has 1 aromatic rings. The number of hydrogen-bond donors (Lipinski definition) is 1. The van der Waals surface area contributed by atoms with E-state index in [0.29, 0.717) is 5.69 Å². The predicted molar refractivity (Wildman–Crippen MR) is 70.6 cm³/mol. The van der Waals surface area contributed by atoms with Crippen LogP contribution in [0.25, 0.3) is 0 Å². The standard InChI is InChI=1S/C14H19NO3/c1-10-6-5-7-11(8-10)15(9-12(16)17)13(18)14(2,3)4/h5-8H,9H2,1-4H3,(H,16,17). The van der Waals surface area contributed by atoms with Crippen LogP contribution in [-0.4, -0.2) is 23.5 Å². The molecule has 1 rings (SSSR count). The molecule has 0 spiro atoms. The molecule has 0 aliphatic carbocycles. The lowest BCUT2D eigenvalue weighted by Crippen LogP contribution is -2.42. The number of aryl methyl sites for hydroxylation is 1. The molecule has 18 heavy (non-hydrogen) atoms. The molecule has 0 saturated heterocycles. The molecule has 0 saturated carbocycles. The Bertz CT molecular complexity index is 460. The van der Waals surface area contributed by atoms with Gasteiger partial charge in [0.05, 0.1) is 0 Å². The Morgan fingerprint density at radius 2 is 1.89 bits per heavy atom. The molecule has 0 aliphatic heterocycles. The third-order valence-corrected chi connectivity index (χ3v) is 2.49. The van der Waals surface area contributed by atoms with E-state index < -0.39 is 11.4 Å². The minimum atomic E-state index is -1.02. The molecule has 0 fully saturated rings. The number of carbonyl (C=O) groups excluding carboxylic acids is 1. The van der Waals surface area contributed by atoms with Crippen molar-refractivity contribution in [2.24, 2.45) is 5.41 Å². The van der Waals surface area contributed by atoms with Crippen molar-refractivity contribution in [3.63, 3.8) is 0 Å². The highest BCUT2D eigenvalue weighted by Gasteiger charge is 2.29. The number of carboxylic acid groups (broad SMARTS) is 1. The van der Waals surface area contributed by atoms with E-state index in [9.17, 15) is 9.59 Å². The highest BCUT2D eigenvalue weighted by molar-refractivity contribution is 6.00. The Morgan fingerprint density at radius 1 is 1.28 bits per heavy atom. The van der Waals surface area contributed by atoms with Gasteiger partial charge in [-0.05, 0) is 24.6 Å². The lowest BCUT2D eigenvalue weighted by molar-refractivity contribution is -0.137. The summed E-state index contributed by atoms with van der Waals surface area (Å²) in [7, 11) is 0. The zero-order valence-corrected chi connectivity index (χ0v) is 11.2. The van der Waals surface area contributed by atoms with Gasteiger partial charge in [0.25, 0.3) is 0 Å². The molecule has 0 aliphatic rings. The van der Waals surface area contributed by atoms with Crippen LogP contribution >= 0.6 is 0 Å². The van der Waals surface area contributed by atoms with Crippen LogP contribution in [0.5, 0.6) is 0 Å². The molecule has 1 aromatic carbocycles. The van der Waals surface area contributed by atoms with Crippen molar-refractivity contribution in [1.82, 2.24) is 0 Å². The Balaban J connectivity index is 3.13. The quantitative estimate of drug-likeness (QED) is 0.895. The first-order valence-corrected chi connectivity index (χ1v) is 5.82. The first-order chi connectivity index (χ1) is 8.21. The van der Waals surface area contributed by atoms with Gasteiger partial charge in [-0.2, -0.15) is 0 Å². The van der Waals surface area contributed by atoms with Gasteiger partial charge in [-0.25, -0.2) is 0 Å². The second kappa shape index (κ2) is 5.21. The number of carbonyl (C=O) groups is 2. The maximum absolute atomic E-state index is 12.3. The van der Waals surface area contributed by atoms with E-state index in [4.69, 9.17) is 5.11 Å². The maximum Gasteiger partial charge on any atom is 0.323 e. The average molecular weight is 249 g/mol. The van der Waals surface area contributed by atoms with Crippen molar-refractivity contribution < 1.29 is 14.7 Å². The van der Waals surface area contributed by atoms with Gasteiger partial charge in [-0.1, -0.05) is 32.9 Å². The van der Waals surface area contributed by atoms with Crippen LogP contribution in [0.2, 0.25) is 0 Å². The van der Waals surface area contributed by atoms with Gasteiger partial charge in [0.2, 0.25) is 5.91 Å². The number of hydrogen-bond acceptors (Lipinski definition) is 2. The van der Waals surface area contributed by atoms with Gasteiger partial charge in [0, 0.05) is 11.1 Å². The van der Waals surface area contributed by atoms with Gasteiger partial charge in [-0.15, -0.1) is 0 Å². The highest BCUT2D eigenvalue weighted by Crippen LogP contribution is 2.23. The second-order valence-electron chi connectivity index (χ2n) is 5.37. The van der Waals surface area contributed by atoms with E-state index in [-0.39, 0.29) is 12.5 Å². The van der Waals surface area contributed by atoms with Crippen molar-refractivity contribution in [2.75, 3.05) is 11.4 Å². The van der Waals surface area contributed by atoms with Crippen molar-refractivity contribution >= 4 is 17.6 Å². The fraction of sp³-hybridized carbons (Fsp3) is 0.429. The topological polar surface area (TPSA) is 57.6 Å². The lowest BCUT2D eigenvalue weighted by atomic mass is 9.94. The fourth-order valence-electron chi connectivity index (χ4n) is 1.62. The largest absolute Gasteiger partial charge is 0.480 e. The van der Waals surface area contributed by atoms with Gasteiger partial charge in [-0.3, -0.25) is 9.59 Å². The zero-order chi connectivity index (χ0) is 13.9. The number of benzene rings is 1. The van der Waals surface area contributed by atoms with E-state index in [0.717, 1.165) is 5.56 Å². The second-order valence-corrected chi connectivity index (χ2v) is 5.37. The van der Waals surface area contributed by atoms with Crippen LogP contribution in [-0.2, 0) is 9.59 Å². The zero-order valence-electron chi connectivity index (χ0n) is 11.2. The van der Waals surface area contributed by atoms with Crippen LogP contribution in [0.3, 0.4) is 0 Å². The van der Waals surface area contributed by atoms with Crippen molar-refractivity contribution in [3.05, 3.63) is 29.8 Å². The van der Waals surface area contributed by atoms with Crippen molar-refractivity contribution in [3.8, 4) is 0 Å². The average Bonchev–Trinajstić information content (AvgIpc) is 2.23. The highest BCUT2D eigenvalue weighted by atomic mass is 16.4. The molecule has 0 heterocycles. The summed E-state index contributed by atoms with van der Waals surface area (Å²) in [5.41, 5.74) is 1.00. The van der Waals surface area contributed by atoms with E-state index in [2.05, 4.69) is 0 Å². The maximum atomic E-state index is 12.3. The van der Waals surface area contributed by atoms with Gasteiger partial charge in [0.15, 0.2) is 0 Å². The van der Waals surface area contributed by atoms with Gasteiger partial charge in [0.1, 0.15) is 6.54 Å². The lowest BCUT2D eigenvalue weighted by Gasteiger charge is -2.28. The molecular weight excluding hydrogens is 230 g/mol. The number of carboxylic acids is 1. The SMILES string of the molecule is Cc1cccc(N(CC(=O)O)C(=O)C(C)(C)C)c1. The third-order valence-electron chi connectivity index (χ3n) is 2.49. The number of amides is 1. The minimum absolute atomic E-state index is 0.199. The Hall–Kier alpha value is -1.84. The molecule has 0 unspecified atom stereocenters. The van der Waals surface area contributed by atoms with E-state index >= 15 is 0 Å². The van der Waals surface area contributed by atoms with Crippen LogP contribution in [0, 0.1) is 12.3 Å². The summed E-state index contributed by atoms with van der Waals surface area (Å²) >= 11 is 0. The van der Waals surface area contributed by atoms with E-state index in [1.807, 2.05) is 25.1 Å². The number of nitrogens with zero attached hydrogens (tertiary/aromatic N) is 1. The van der Waals surface area contributed by atoms with Gasteiger partial charge >= 0.3 is 5.97 Å². The molecule has 0 radical (unpaired) electrons. The summed E-state index contributed by atoms with van der Waals surface area (Å²) in [6.07, 6.45) is 0. The first-order valence-electron chi connectivity index (χ1n) is 5.82. The summed E-state index contributed by atoms with van der Waals surface area (Å²) in [5, 5.41) is 8.94. The molecule has 1 N–H and O–H groups in total. The van der Waals surface area contributed by atoms with E-state index in [1.54, 1.807) is 26.8 Å². The van der Waals surface area contributed by atoms with Crippen LogP contribution in [0.15, 0.2) is 24.3 Å². The van der Waals surface area contributed by atoms with Crippen molar-refractivity contribution in [2.45, 2.75) is 27.7 Å². The molecule has 4 heteroatoms. The number of rotatable bonds is 3. The minimum Gasteiger partial charge on any atom is -0.480 e. The summed E-state index contributed by atoms with van der Waals surface area (Å²) in [6, 6.07) is 7.28. The summed E-state index contributed by atoms with van der Waals surface area (Å²) in [5.74, 6) is -1.22. The normalized spacial score (nSPS) is 11.1. The van der Waals surface area contributed by atoms with Crippen LogP contribution < -0.4 is 4.90 Å². The van der Waals surface area contributed by atoms with Gasteiger partial charge < -0.3 is 10.0 Å². The molecule has 0 atom stereocenters. The summed E-state index contributed by atoms with van der Waals surface area (Å²) < 4.78 is 0. The molecule has 4 nitrogen and oxygen atoms in total. The van der Waals surface area contributed by atoms with E-state index in [1.165, 1.54) is 4.90 Å².